The van der Waals surface area contributed by atoms with Gasteiger partial charge in [-0.25, -0.2) is 0 Å². The molecular weight excluding hydrogens is 238 g/mol. The molecule has 2 atom stereocenters. The monoisotopic (exact) mass is 263 g/mol. The van der Waals surface area contributed by atoms with Crippen LogP contribution in [0.25, 0.3) is 0 Å². The number of allylic oxidation sites excluding steroid dienone is 2. The molecule has 100 valence electrons. The van der Waals surface area contributed by atoms with E-state index in [2.05, 4.69) is 45.5 Å². The maximum Gasteiger partial charge on any atom is 0.0946 e. The van der Waals surface area contributed by atoms with Gasteiger partial charge < -0.3 is 0 Å². The highest BCUT2D eigenvalue weighted by molar-refractivity contribution is 8.00. The molecule has 1 saturated carbocycles. The second kappa shape index (κ2) is 4.93. The van der Waals surface area contributed by atoms with E-state index < -0.39 is 0 Å². The van der Waals surface area contributed by atoms with Gasteiger partial charge in [0.05, 0.1) is 6.07 Å². The van der Waals surface area contributed by atoms with Crippen LogP contribution in [0.15, 0.2) is 11.1 Å². The van der Waals surface area contributed by atoms with Gasteiger partial charge in [0.1, 0.15) is 0 Å². The van der Waals surface area contributed by atoms with Crippen molar-refractivity contribution in [1.82, 2.24) is 0 Å². The zero-order chi connectivity index (χ0) is 13.4. The summed E-state index contributed by atoms with van der Waals surface area (Å²) in [4.78, 5) is 0. The number of hydrogen-bond acceptors (Lipinski definition) is 2. The zero-order valence-corrected chi connectivity index (χ0v) is 13.0. The van der Waals surface area contributed by atoms with E-state index in [4.69, 9.17) is 0 Å². The second-order valence-electron chi connectivity index (χ2n) is 6.50. The third-order valence-electron chi connectivity index (χ3n) is 5.37. The van der Waals surface area contributed by atoms with E-state index in [1.54, 1.807) is 0 Å². The van der Waals surface area contributed by atoms with E-state index in [0.717, 1.165) is 18.4 Å². The Bertz CT molecular complexity index is 402. The van der Waals surface area contributed by atoms with Gasteiger partial charge in [-0.05, 0) is 49.7 Å². The van der Waals surface area contributed by atoms with Gasteiger partial charge >= 0.3 is 0 Å². The topological polar surface area (TPSA) is 23.8 Å². The summed E-state index contributed by atoms with van der Waals surface area (Å²) >= 11 is 2.15. The second-order valence-corrected chi connectivity index (χ2v) is 8.05. The number of fused-ring (bicyclic) bond motifs is 1. The number of nitrogens with zero attached hydrogens (tertiary/aromatic N) is 1. The van der Waals surface area contributed by atoms with Crippen molar-refractivity contribution >= 4 is 11.8 Å². The van der Waals surface area contributed by atoms with Crippen molar-refractivity contribution in [3.63, 3.8) is 0 Å². The van der Waals surface area contributed by atoms with Crippen molar-refractivity contribution in [3.05, 3.63) is 11.1 Å². The molecule has 0 N–H and O–H groups in total. The van der Waals surface area contributed by atoms with Crippen molar-refractivity contribution in [2.24, 2.45) is 11.3 Å². The van der Waals surface area contributed by atoms with Crippen LogP contribution in [0.5, 0.6) is 0 Å². The van der Waals surface area contributed by atoms with Gasteiger partial charge in [0.15, 0.2) is 0 Å². The maximum atomic E-state index is 9.37. The van der Waals surface area contributed by atoms with E-state index in [1.165, 1.54) is 30.6 Å². The first-order valence-electron chi connectivity index (χ1n) is 7.22. The summed E-state index contributed by atoms with van der Waals surface area (Å²) in [6.07, 6.45) is 5.97. The first kappa shape index (κ1) is 14.0. The fourth-order valence-electron chi connectivity index (χ4n) is 3.83. The normalized spacial score (nSPS) is 37.6. The molecule has 0 radical (unpaired) electrons. The molecule has 0 amide bonds. The molecule has 2 unspecified atom stereocenters. The number of hydrogen-bond donors (Lipinski definition) is 0. The van der Waals surface area contributed by atoms with E-state index in [0.29, 0.717) is 16.1 Å². The van der Waals surface area contributed by atoms with E-state index in [1.807, 2.05) is 0 Å². The van der Waals surface area contributed by atoms with Gasteiger partial charge in [-0.2, -0.15) is 17.0 Å². The Hall–Kier alpha value is -0.420. The molecule has 1 saturated heterocycles. The third kappa shape index (κ3) is 2.01. The zero-order valence-electron chi connectivity index (χ0n) is 12.2. The van der Waals surface area contributed by atoms with Gasteiger partial charge in [0, 0.05) is 10.3 Å². The predicted molar refractivity (Wildman–Crippen MR) is 79.5 cm³/mol. The first-order chi connectivity index (χ1) is 8.46. The molecule has 2 fully saturated rings. The molecule has 1 aliphatic carbocycles. The average molecular weight is 263 g/mol. The van der Waals surface area contributed by atoms with Crippen molar-refractivity contribution in [3.8, 4) is 6.07 Å². The van der Waals surface area contributed by atoms with Crippen LogP contribution in [0.1, 0.15) is 59.8 Å². The number of nitriles is 1. The van der Waals surface area contributed by atoms with Crippen LogP contribution in [0.3, 0.4) is 0 Å². The molecule has 1 nitrogen and oxygen atoms in total. The average Bonchev–Trinajstić information content (AvgIpc) is 2.32. The quantitative estimate of drug-likeness (QED) is 0.626. The lowest BCUT2D eigenvalue weighted by molar-refractivity contribution is 0.135. The summed E-state index contributed by atoms with van der Waals surface area (Å²) in [5, 5.41) is 9.37. The highest BCUT2D eigenvalue weighted by Crippen LogP contribution is 2.60. The van der Waals surface area contributed by atoms with E-state index in [9.17, 15) is 5.26 Å². The largest absolute Gasteiger partial charge is 0.193 e. The van der Waals surface area contributed by atoms with Crippen LogP contribution in [0.4, 0.5) is 0 Å². The predicted octanol–water partition coefficient (Wildman–Crippen LogP) is 4.94. The van der Waals surface area contributed by atoms with Gasteiger partial charge in [0.25, 0.3) is 0 Å². The van der Waals surface area contributed by atoms with Gasteiger partial charge in [-0.1, -0.05) is 32.8 Å². The molecule has 0 spiro atoms. The minimum Gasteiger partial charge on any atom is -0.193 e. The van der Waals surface area contributed by atoms with Gasteiger partial charge in [-0.15, -0.1) is 0 Å². The standard InChI is InChI=1S/C16H25NS/c1-5-12(11-17)13-8-10-18-16(4)14(13)7-6-9-15(16,2)3/h14H,5-10H2,1-4H3. The molecule has 0 bridgehead atoms. The Morgan fingerprint density at radius 2 is 2.17 bits per heavy atom. The van der Waals surface area contributed by atoms with Crippen molar-refractivity contribution in [2.75, 3.05) is 5.75 Å². The molecule has 2 rings (SSSR count). The molecular formula is C16H25NS. The minimum absolute atomic E-state index is 0.329. The summed E-state index contributed by atoms with van der Waals surface area (Å²) in [5.74, 6) is 1.83. The molecule has 0 aromatic carbocycles. The number of thioether (sulfide) groups is 1. The molecule has 0 aromatic rings. The Kier molecular flexibility index (Phi) is 3.83. The fourth-order valence-corrected chi connectivity index (χ4v) is 5.53. The maximum absolute atomic E-state index is 9.37. The lowest BCUT2D eigenvalue weighted by atomic mass is 9.60. The van der Waals surface area contributed by atoms with Crippen LogP contribution >= 0.6 is 11.8 Å². The Morgan fingerprint density at radius 3 is 2.78 bits per heavy atom. The minimum atomic E-state index is 0.329. The Labute approximate surface area is 116 Å². The van der Waals surface area contributed by atoms with Crippen molar-refractivity contribution < 1.29 is 0 Å². The lowest BCUT2D eigenvalue weighted by Crippen LogP contribution is -2.51. The van der Waals surface area contributed by atoms with Crippen LogP contribution in [0.2, 0.25) is 0 Å². The molecule has 18 heavy (non-hydrogen) atoms. The van der Waals surface area contributed by atoms with E-state index in [-0.39, 0.29) is 0 Å². The molecule has 1 heterocycles. The highest BCUT2D eigenvalue weighted by atomic mass is 32.2. The summed E-state index contributed by atoms with van der Waals surface area (Å²) < 4.78 is 0.329. The van der Waals surface area contributed by atoms with Crippen molar-refractivity contribution in [2.45, 2.75) is 64.5 Å². The third-order valence-corrected chi connectivity index (χ3v) is 7.22. The molecule has 2 aliphatic rings. The highest BCUT2D eigenvalue weighted by Gasteiger charge is 2.52. The first-order valence-corrected chi connectivity index (χ1v) is 8.21. The summed E-state index contributed by atoms with van der Waals surface area (Å²) in [6.45, 7) is 9.42. The van der Waals surface area contributed by atoms with Gasteiger partial charge in [-0.3, -0.25) is 0 Å². The number of rotatable bonds is 1. The summed E-state index contributed by atoms with van der Waals surface area (Å²) in [7, 11) is 0. The van der Waals surface area contributed by atoms with Gasteiger partial charge in [0.2, 0.25) is 0 Å². The van der Waals surface area contributed by atoms with Crippen molar-refractivity contribution in [1.29, 1.82) is 5.26 Å². The Morgan fingerprint density at radius 1 is 1.44 bits per heavy atom. The smallest absolute Gasteiger partial charge is 0.0946 e. The SMILES string of the molecule is CCC(C#N)=C1CCSC2(C)C1CCCC2(C)C. The van der Waals surface area contributed by atoms with Crippen LogP contribution in [-0.4, -0.2) is 10.5 Å². The van der Waals surface area contributed by atoms with E-state index >= 15 is 0 Å². The van der Waals surface area contributed by atoms with Crippen LogP contribution in [-0.2, 0) is 0 Å². The lowest BCUT2D eigenvalue weighted by Gasteiger charge is -2.56. The summed E-state index contributed by atoms with van der Waals surface area (Å²) in [5.41, 5.74) is 2.96. The Balaban J connectivity index is 2.45. The fraction of sp³-hybridized carbons (Fsp3) is 0.812. The van der Waals surface area contributed by atoms with Crippen LogP contribution < -0.4 is 0 Å². The molecule has 1 aliphatic heterocycles. The molecule has 0 aromatic heterocycles. The van der Waals surface area contributed by atoms with Crippen LogP contribution in [0, 0.1) is 22.7 Å². The molecule has 2 heteroatoms. The summed E-state index contributed by atoms with van der Waals surface area (Å²) in [6, 6.07) is 2.47.